The van der Waals surface area contributed by atoms with Crippen molar-refractivity contribution < 1.29 is 9.84 Å². The van der Waals surface area contributed by atoms with Crippen molar-refractivity contribution in [3.63, 3.8) is 0 Å². The maximum atomic E-state index is 10.5. The number of aliphatic hydroxyl groups excluding tert-OH is 1. The van der Waals surface area contributed by atoms with Gasteiger partial charge in [0, 0.05) is 12.6 Å². The molecule has 1 heterocycles. The summed E-state index contributed by atoms with van der Waals surface area (Å²) in [5, 5.41) is 10.5. The van der Waals surface area contributed by atoms with Crippen molar-refractivity contribution in [2.45, 2.75) is 51.2 Å². The fourth-order valence-electron chi connectivity index (χ4n) is 3.14. The highest BCUT2D eigenvalue weighted by atomic mass is 16.5. The number of hydrogen-bond donors (Lipinski definition) is 1. The molecule has 1 saturated heterocycles. The van der Waals surface area contributed by atoms with Crippen LogP contribution in [0.25, 0.3) is 0 Å². The van der Waals surface area contributed by atoms with E-state index in [0.717, 1.165) is 24.4 Å². The molecule has 0 saturated carbocycles. The number of β-amino-alcohol motifs (C(OH)–C–C–N with tert-alkyl or cyclic N) is 1. The number of piperidine rings is 1. The number of likely N-dealkylation sites (tertiary alicyclic amines) is 1. The molecule has 3 nitrogen and oxygen atoms in total. The Morgan fingerprint density at radius 1 is 1.40 bits per heavy atom. The lowest BCUT2D eigenvalue weighted by Crippen LogP contribution is -2.41. The Balaban J connectivity index is 1.99. The number of aliphatic hydroxyl groups is 1. The van der Waals surface area contributed by atoms with Gasteiger partial charge in [-0.15, -0.1) is 0 Å². The topological polar surface area (TPSA) is 32.7 Å². The minimum atomic E-state index is -0.428. The molecule has 0 radical (unpaired) electrons. The first-order valence-electron chi connectivity index (χ1n) is 7.80. The highest BCUT2D eigenvalue weighted by molar-refractivity contribution is 5.29. The fraction of sp³-hybridized carbons (Fsp3) is 0.647. The fourth-order valence-corrected chi connectivity index (χ4v) is 3.14. The van der Waals surface area contributed by atoms with E-state index in [2.05, 4.69) is 11.8 Å². The van der Waals surface area contributed by atoms with Gasteiger partial charge in [-0.3, -0.25) is 4.90 Å². The van der Waals surface area contributed by atoms with Gasteiger partial charge in [0.25, 0.3) is 0 Å². The Hall–Kier alpha value is -1.06. The summed E-state index contributed by atoms with van der Waals surface area (Å²) >= 11 is 0. The van der Waals surface area contributed by atoms with E-state index in [1.54, 1.807) is 7.11 Å². The highest BCUT2D eigenvalue weighted by Gasteiger charge is 2.24. The van der Waals surface area contributed by atoms with Crippen molar-refractivity contribution in [3.8, 4) is 5.75 Å². The molecule has 1 fully saturated rings. The van der Waals surface area contributed by atoms with Gasteiger partial charge in [-0.2, -0.15) is 0 Å². The number of ether oxygens (including phenoxy) is 1. The van der Waals surface area contributed by atoms with Crippen LogP contribution >= 0.6 is 0 Å². The minimum absolute atomic E-state index is 0.428. The maximum Gasteiger partial charge on any atom is 0.119 e. The first-order valence-corrected chi connectivity index (χ1v) is 7.80. The molecule has 0 spiro atoms. The lowest BCUT2D eigenvalue weighted by Gasteiger charge is -2.37. The largest absolute Gasteiger partial charge is 0.497 e. The predicted molar refractivity (Wildman–Crippen MR) is 82.1 cm³/mol. The summed E-state index contributed by atoms with van der Waals surface area (Å²) in [5.74, 6) is 0.810. The summed E-state index contributed by atoms with van der Waals surface area (Å²) in [6.07, 6.45) is 5.89. The van der Waals surface area contributed by atoms with Gasteiger partial charge in [-0.05, 0) is 43.5 Å². The molecule has 1 aliphatic rings. The Labute approximate surface area is 122 Å². The molecule has 2 atom stereocenters. The van der Waals surface area contributed by atoms with Gasteiger partial charge in [0.05, 0.1) is 13.2 Å². The molecule has 1 aromatic rings. The zero-order valence-corrected chi connectivity index (χ0v) is 12.7. The van der Waals surface area contributed by atoms with Crippen LogP contribution in [0.2, 0.25) is 0 Å². The lowest BCUT2D eigenvalue weighted by molar-refractivity contribution is 0.0634. The van der Waals surface area contributed by atoms with Crippen LogP contribution in [0.15, 0.2) is 24.3 Å². The van der Waals surface area contributed by atoms with Crippen molar-refractivity contribution in [1.29, 1.82) is 0 Å². The molecule has 3 heteroatoms. The third-order valence-electron chi connectivity index (χ3n) is 4.26. The van der Waals surface area contributed by atoms with Gasteiger partial charge in [0.15, 0.2) is 0 Å². The van der Waals surface area contributed by atoms with Crippen LogP contribution in [0.5, 0.6) is 5.75 Å². The van der Waals surface area contributed by atoms with E-state index in [1.165, 1.54) is 32.1 Å². The molecule has 0 aromatic heterocycles. The summed E-state index contributed by atoms with van der Waals surface area (Å²) in [6.45, 7) is 4.09. The predicted octanol–water partition coefficient (Wildman–Crippen LogP) is 3.38. The first-order chi connectivity index (χ1) is 9.74. The second-order valence-electron chi connectivity index (χ2n) is 5.73. The average Bonchev–Trinajstić information content (AvgIpc) is 2.49. The van der Waals surface area contributed by atoms with E-state index in [0.29, 0.717) is 6.04 Å². The zero-order valence-electron chi connectivity index (χ0n) is 12.7. The van der Waals surface area contributed by atoms with Crippen LogP contribution in [0, 0.1) is 0 Å². The van der Waals surface area contributed by atoms with E-state index in [4.69, 9.17) is 4.74 Å². The lowest BCUT2D eigenvalue weighted by atomic mass is 9.97. The third kappa shape index (κ3) is 3.97. The second kappa shape index (κ2) is 7.65. The molecule has 112 valence electrons. The number of methoxy groups -OCH3 is 1. The summed E-state index contributed by atoms with van der Waals surface area (Å²) in [6, 6.07) is 8.41. The summed E-state index contributed by atoms with van der Waals surface area (Å²) < 4.78 is 5.23. The van der Waals surface area contributed by atoms with Crippen molar-refractivity contribution in [3.05, 3.63) is 29.8 Å². The molecule has 0 aliphatic carbocycles. The Morgan fingerprint density at radius 3 is 3.00 bits per heavy atom. The third-order valence-corrected chi connectivity index (χ3v) is 4.26. The van der Waals surface area contributed by atoms with Crippen molar-refractivity contribution in [2.24, 2.45) is 0 Å². The van der Waals surface area contributed by atoms with Crippen LogP contribution < -0.4 is 4.74 Å². The van der Waals surface area contributed by atoms with Crippen LogP contribution in [-0.2, 0) is 0 Å². The Kier molecular flexibility index (Phi) is 5.86. The normalized spacial score (nSPS) is 21.6. The van der Waals surface area contributed by atoms with Crippen LogP contribution in [-0.4, -0.2) is 36.2 Å². The molecule has 2 unspecified atom stereocenters. The monoisotopic (exact) mass is 277 g/mol. The smallest absolute Gasteiger partial charge is 0.119 e. The molecular formula is C17H27NO2. The molecule has 0 amide bonds. The van der Waals surface area contributed by atoms with Crippen LogP contribution in [0.1, 0.15) is 50.7 Å². The van der Waals surface area contributed by atoms with Gasteiger partial charge in [0.1, 0.15) is 5.75 Å². The summed E-state index contributed by atoms with van der Waals surface area (Å²) in [5.41, 5.74) is 0.949. The maximum absolute atomic E-state index is 10.5. The molecule has 20 heavy (non-hydrogen) atoms. The van der Waals surface area contributed by atoms with Crippen molar-refractivity contribution in [1.82, 2.24) is 4.90 Å². The van der Waals surface area contributed by atoms with Crippen molar-refractivity contribution in [2.75, 3.05) is 20.2 Å². The quantitative estimate of drug-likeness (QED) is 0.865. The minimum Gasteiger partial charge on any atom is -0.497 e. The van der Waals surface area contributed by atoms with E-state index >= 15 is 0 Å². The number of nitrogens with zero attached hydrogens (tertiary/aromatic N) is 1. The Morgan fingerprint density at radius 2 is 2.25 bits per heavy atom. The molecule has 1 N–H and O–H groups in total. The number of benzene rings is 1. The SMILES string of the molecule is CCCC1CCCCN1CC(O)c1cccc(OC)c1. The van der Waals surface area contributed by atoms with E-state index in [-0.39, 0.29) is 0 Å². The standard InChI is InChI=1S/C17H27NO2/c1-3-7-15-9-4-5-11-18(15)13-17(19)14-8-6-10-16(12-14)20-2/h6,8,10,12,15,17,19H,3-5,7,9,11,13H2,1-2H3. The highest BCUT2D eigenvalue weighted by Crippen LogP contribution is 2.25. The van der Waals surface area contributed by atoms with E-state index < -0.39 is 6.10 Å². The molecule has 1 aromatic carbocycles. The molecule has 0 bridgehead atoms. The number of hydrogen-bond acceptors (Lipinski definition) is 3. The molecular weight excluding hydrogens is 250 g/mol. The molecule has 2 rings (SSSR count). The van der Waals surface area contributed by atoms with E-state index in [1.807, 2.05) is 24.3 Å². The van der Waals surface area contributed by atoms with Crippen LogP contribution in [0.4, 0.5) is 0 Å². The van der Waals surface area contributed by atoms with Gasteiger partial charge >= 0.3 is 0 Å². The Bertz CT molecular complexity index is 406. The van der Waals surface area contributed by atoms with Gasteiger partial charge in [-0.1, -0.05) is 31.9 Å². The van der Waals surface area contributed by atoms with Crippen molar-refractivity contribution >= 4 is 0 Å². The van der Waals surface area contributed by atoms with E-state index in [9.17, 15) is 5.11 Å². The van der Waals surface area contributed by atoms with Gasteiger partial charge in [-0.25, -0.2) is 0 Å². The first kappa shape index (κ1) is 15.3. The second-order valence-corrected chi connectivity index (χ2v) is 5.73. The summed E-state index contributed by atoms with van der Waals surface area (Å²) in [7, 11) is 1.66. The van der Waals surface area contributed by atoms with Gasteiger partial charge in [0.2, 0.25) is 0 Å². The average molecular weight is 277 g/mol. The van der Waals surface area contributed by atoms with Crippen LogP contribution in [0.3, 0.4) is 0 Å². The van der Waals surface area contributed by atoms with Gasteiger partial charge < -0.3 is 9.84 Å². The summed E-state index contributed by atoms with van der Waals surface area (Å²) in [4.78, 5) is 2.47. The zero-order chi connectivity index (χ0) is 14.4. The molecule has 1 aliphatic heterocycles. The number of rotatable bonds is 6.